The van der Waals surface area contributed by atoms with E-state index in [9.17, 15) is 9.59 Å². The molecule has 2 fully saturated rings. The molecule has 4 rings (SSSR count). The lowest BCUT2D eigenvalue weighted by molar-refractivity contribution is -0.136. The third kappa shape index (κ3) is 5.95. The molecule has 2 amide bonds. The lowest BCUT2D eigenvalue weighted by Gasteiger charge is -2.43. The molecule has 2 aromatic rings. The summed E-state index contributed by atoms with van der Waals surface area (Å²) in [5.74, 6) is 1.05. The number of carbonyl (C=O) groups excluding carboxylic acids is 2. The fourth-order valence-electron chi connectivity index (χ4n) is 4.60. The molecule has 0 aromatic heterocycles. The molecule has 2 saturated heterocycles. The van der Waals surface area contributed by atoms with Gasteiger partial charge < -0.3 is 19.4 Å². The Labute approximate surface area is 204 Å². The predicted octanol–water partition coefficient (Wildman–Crippen LogP) is 3.91. The smallest absolute Gasteiger partial charge is 0.254 e. The molecule has 2 aliphatic heterocycles. The largest absolute Gasteiger partial charge is 0.493 e. The number of ether oxygens (including phenoxy) is 1. The minimum Gasteiger partial charge on any atom is -0.493 e. The van der Waals surface area contributed by atoms with Crippen molar-refractivity contribution in [1.29, 1.82) is 0 Å². The van der Waals surface area contributed by atoms with E-state index in [0.717, 1.165) is 49.2 Å². The summed E-state index contributed by atoms with van der Waals surface area (Å²) in [5.41, 5.74) is 0.403. The summed E-state index contributed by atoms with van der Waals surface area (Å²) in [6, 6.07) is 17.3. The molecule has 0 bridgehead atoms. The third-order valence-corrected chi connectivity index (χ3v) is 7.58. The van der Waals surface area contributed by atoms with Gasteiger partial charge in [-0.05, 0) is 60.1 Å². The maximum atomic E-state index is 13.2. The van der Waals surface area contributed by atoms with E-state index >= 15 is 0 Å². The van der Waals surface area contributed by atoms with Crippen LogP contribution in [0.3, 0.4) is 0 Å². The highest BCUT2D eigenvalue weighted by molar-refractivity contribution is 9.10. The van der Waals surface area contributed by atoms with Crippen molar-refractivity contribution in [1.82, 2.24) is 14.7 Å². The van der Waals surface area contributed by atoms with Gasteiger partial charge in [0.1, 0.15) is 5.75 Å². The number of nitrogens with zero attached hydrogens (tertiary/aromatic N) is 3. The van der Waals surface area contributed by atoms with Gasteiger partial charge in [0.25, 0.3) is 5.91 Å². The normalized spacial score (nSPS) is 18.7. The molecule has 0 spiro atoms. The first-order valence-electron chi connectivity index (χ1n) is 11.6. The number of likely N-dealkylation sites (N-methyl/N-ethyl adjacent to an activating group) is 1. The van der Waals surface area contributed by atoms with Crippen LogP contribution in [0.2, 0.25) is 0 Å². The molecule has 0 saturated carbocycles. The number of carbonyl (C=O) groups is 2. The van der Waals surface area contributed by atoms with Crippen LogP contribution < -0.4 is 4.74 Å². The summed E-state index contributed by atoms with van der Waals surface area (Å²) < 4.78 is 6.97. The van der Waals surface area contributed by atoms with Gasteiger partial charge in [0.05, 0.1) is 12.2 Å². The standard InChI is InChI=1S/C26H32BrN3O3/c1-28-15-17-29(18-16-28)24(31)19-26(20-33-21-7-3-2-4-8-21)11-13-30(14-12-26)25(32)22-9-5-6-10-23(22)27/h2-10H,11-20H2,1H3. The Morgan fingerprint density at radius 2 is 1.52 bits per heavy atom. The van der Waals surface area contributed by atoms with Gasteiger partial charge in [-0.3, -0.25) is 9.59 Å². The molecule has 2 aromatic carbocycles. The number of piperidine rings is 1. The van der Waals surface area contributed by atoms with Gasteiger partial charge in [-0.2, -0.15) is 0 Å². The van der Waals surface area contributed by atoms with Crippen molar-refractivity contribution in [2.75, 3.05) is 52.9 Å². The minimum atomic E-state index is -0.277. The van der Waals surface area contributed by atoms with Crippen LogP contribution in [0.1, 0.15) is 29.6 Å². The van der Waals surface area contributed by atoms with Crippen molar-refractivity contribution in [3.8, 4) is 5.75 Å². The highest BCUT2D eigenvalue weighted by Gasteiger charge is 2.40. The van der Waals surface area contributed by atoms with E-state index in [-0.39, 0.29) is 17.2 Å². The zero-order valence-electron chi connectivity index (χ0n) is 19.2. The number of amides is 2. The average molecular weight is 514 g/mol. The monoisotopic (exact) mass is 513 g/mol. The fraction of sp³-hybridized carbons (Fsp3) is 0.462. The molecule has 2 heterocycles. The van der Waals surface area contributed by atoms with Gasteiger partial charge in [0.2, 0.25) is 5.91 Å². The number of hydrogen-bond donors (Lipinski definition) is 0. The van der Waals surface area contributed by atoms with Crippen molar-refractivity contribution in [3.05, 3.63) is 64.6 Å². The molecule has 2 aliphatic rings. The molecule has 0 N–H and O–H groups in total. The highest BCUT2D eigenvalue weighted by Crippen LogP contribution is 2.37. The van der Waals surface area contributed by atoms with Gasteiger partial charge >= 0.3 is 0 Å². The summed E-state index contributed by atoms with van der Waals surface area (Å²) in [6.07, 6.45) is 1.95. The van der Waals surface area contributed by atoms with E-state index < -0.39 is 0 Å². The summed E-state index contributed by atoms with van der Waals surface area (Å²) in [6.45, 7) is 5.09. The molecule has 6 nitrogen and oxygen atoms in total. The molecule has 0 atom stereocenters. The Morgan fingerprint density at radius 1 is 0.879 bits per heavy atom. The summed E-state index contributed by atoms with van der Waals surface area (Å²) in [4.78, 5) is 32.5. The number of rotatable bonds is 6. The second-order valence-electron chi connectivity index (χ2n) is 9.23. The third-order valence-electron chi connectivity index (χ3n) is 6.89. The molecular formula is C26H32BrN3O3. The lowest BCUT2D eigenvalue weighted by atomic mass is 9.75. The highest BCUT2D eigenvalue weighted by atomic mass is 79.9. The number of benzene rings is 2. The number of hydrogen-bond acceptors (Lipinski definition) is 4. The Bertz CT molecular complexity index is 952. The van der Waals surface area contributed by atoms with E-state index in [2.05, 4.69) is 27.9 Å². The number of piperazine rings is 1. The molecule has 0 radical (unpaired) electrons. The Morgan fingerprint density at radius 3 is 2.18 bits per heavy atom. The van der Waals surface area contributed by atoms with Gasteiger partial charge in [0, 0.05) is 55.6 Å². The molecule has 0 unspecified atom stereocenters. The molecular weight excluding hydrogens is 482 g/mol. The zero-order valence-corrected chi connectivity index (χ0v) is 20.8. The first-order chi connectivity index (χ1) is 16.0. The van der Waals surface area contributed by atoms with E-state index in [0.29, 0.717) is 31.7 Å². The van der Waals surface area contributed by atoms with Gasteiger partial charge in [-0.15, -0.1) is 0 Å². The maximum Gasteiger partial charge on any atom is 0.254 e. The molecule has 7 heteroatoms. The number of para-hydroxylation sites is 1. The first-order valence-corrected chi connectivity index (χ1v) is 12.4. The van der Waals surface area contributed by atoms with Crippen LogP contribution in [0.4, 0.5) is 0 Å². The molecule has 176 valence electrons. The van der Waals surface area contributed by atoms with Crippen molar-refractivity contribution >= 4 is 27.7 Å². The number of likely N-dealkylation sites (tertiary alicyclic amines) is 1. The van der Waals surface area contributed by atoms with E-state index in [1.807, 2.05) is 64.4 Å². The Hall–Kier alpha value is -2.38. The van der Waals surface area contributed by atoms with Crippen LogP contribution >= 0.6 is 15.9 Å². The van der Waals surface area contributed by atoms with E-state index in [4.69, 9.17) is 4.74 Å². The Kier molecular flexibility index (Phi) is 7.71. The first kappa shape index (κ1) is 23.8. The van der Waals surface area contributed by atoms with Gasteiger partial charge in [0.15, 0.2) is 0 Å². The zero-order chi connectivity index (χ0) is 23.3. The quantitative estimate of drug-likeness (QED) is 0.587. The lowest BCUT2D eigenvalue weighted by Crippen LogP contribution is -2.51. The second-order valence-corrected chi connectivity index (χ2v) is 10.1. The van der Waals surface area contributed by atoms with Crippen LogP contribution in [0.25, 0.3) is 0 Å². The Balaban J connectivity index is 1.45. The minimum absolute atomic E-state index is 0.0328. The summed E-state index contributed by atoms with van der Waals surface area (Å²) >= 11 is 3.50. The van der Waals surface area contributed by atoms with Crippen LogP contribution in [0.5, 0.6) is 5.75 Å². The van der Waals surface area contributed by atoms with Crippen LogP contribution in [0, 0.1) is 5.41 Å². The van der Waals surface area contributed by atoms with E-state index in [1.165, 1.54) is 0 Å². The molecule has 0 aliphatic carbocycles. The van der Waals surface area contributed by atoms with Crippen LogP contribution in [-0.4, -0.2) is 79.4 Å². The van der Waals surface area contributed by atoms with Crippen molar-refractivity contribution in [2.24, 2.45) is 5.41 Å². The van der Waals surface area contributed by atoms with Crippen molar-refractivity contribution in [2.45, 2.75) is 19.3 Å². The second kappa shape index (κ2) is 10.7. The van der Waals surface area contributed by atoms with Crippen molar-refractivity contribution in [3.63, 3.8) is 0 Å². The van der Waals surface area contributed by atoms with Gasteiger partial charge in [-0.25, -0.2) is 0 Å². The number of halogens is 1. The molecule has 33 heavy (non-hydrogen) atoms. The van der Waals surface area contributed by atoms with Crippen molar-refractivity contribution < 1.29 is 14.3 Å². The predicted molar refractivity (Wildman–Crippen MR) is 132 cm³/mol. The van der Waals surface area contributed by atoms with Crippen LogP contribution in [0.15, 0.2) is 59.1 Å². The van der Waals surface area contributed by atoms with Crippen LogP contribution in [-0.2, 0) is 4.79 Å². The fourth-order valence-corrected chi connectivity index (χ4v) is 5.06. The van der Waals surface area contributed by atoms with Gasteiger partial charge in [-0.1, -0.05) is 30.3 Å². The summed E-state index contributed by atoms with van der Waals surface area (Å²) in [7, 11) is 2.09. The SMILES string of the molecule is CN1CCN(C(=O)CC2(COc3ccccc3)CCN(C(=O)c3ccccc3Br)CC2)CC1. The van der Waals surface area contributed by atoms with E-state index in [1.54, 1.807) is 0 Å². The topological polar surface area (TPSA) is 53.1 Å². The maximum absolute atomic E-state index is 13.2. The summed E-state index contributed by atoms with van der Waals surface area (Å²) in [5, 5.41) is 0. The average Bonchev–Trinajstić information content (AvgIpc) is 2.84.